The SMILES string of the molecule is O=S1(=O)Oc2cn(O)nc2O1. The third-order valence-corrected chi connectivity index (χ3v) is 1.76. The van der Waals surface area contributed by atoms with Crippen LogP contribution in [0.5, 0.6) is 11.6 Å². The maximum Gasteiger partial charge on any atom is 0.502 e. The Morgan fingerprint density at radius 2 is 2.27 bits per heavy atom. The molecule has 0 radical (unpaired) electrons. The van der Waals surface area contributed by atoms with E-state index in [0.717, 1.165) is 6.20 Å². The van der Waals surface area contributed by atoms with E-state index in [1.165, 1.54) is 0 Å². The Labute approximate surface area is 61.1 Å². The standard InChI is InChI=1S/C3H2N2O5S/c6-5-1-2-3(4-5)10-11(7,8)9-2/h1,6H. The zero-order chi connectivity index (χ0) is 8.06. The smallest absolute Gasteiger partial charge is 0.411 e. The molecule has 1 aromatic rings. The minimum absolute atomic E-state index is 0.118. The summed E-state index contributed by atoms with van der Waals surface area (Å²) >= 11 is 0. The summed E-state index contributed by atoms with van der Waals surface area (Å²) in [5.41, 5.74) is 0. The topological polar surface area (TPSA) is 90.7 Å². The number of nitrogens with zero attached hydrogens (tertiary/aromatic N) is 2. The number of hydrogen-bond acceptors (Lipinski definition) is 6. The Kier molecular flexibility index (Phi) is 0.906. The molecule has 7 nitrogen and oxygen atoms in total. The monoisotopic (exact) mass is 178 g/mol. The second kappa shape index (κ2) is 1.59. The molecule has 1 N–H and O–H groups in total. The third kappa shape index (κ3) is 0.871. The van der Waals surface area contributed by atoms with E-state index in [-0.39, 0.29) is 11.6 Å². The number of hydrogen-bond donors (Lipinski definition) is 1. The van der Waals surface area contributed by atoms with Crippen LogP contribution in [-0.4, -0.2) is 23.6 Å². The molecule has 0 saturated heterocycles. The van der Waals surface area contributed by atoms with Crippen molar-refractivity contribution < 1.29 is 22.0 Å². The average molecular weight is 178 g/mol. The highest BCUT2D eigenvalue weighted by Gasteiger charge is 2.32. The quantitative estimate of drug-likeness (QED) is 0.519. The minimum atomic E-state index is -3.97. The molecule has 0 fully saturated rings. The van der Waals surface area contributed by atoms with Crippen LogP contribution in [0.25, 0.3) is 0 Å². The first-order valence-electron chi connectivity index (χ1n) is 2.50. The minimum Gasteiger partial charge on any atom is -0.411 e. The molecule has 1 aliphatic rings. The van der Waals surface area contributed by atoms with E-state index in [0.29, 0.717) is 4.85 Å². The zero-order valence-electron chi connectivity index (χ0n) is 4.96. The number of rotatable bonds is 0. The highest BCUT2D eigenvalue weighted by molar-refractivity contribution is 7.82. The van der Waals surface area contributed by atoms with Crippen molar-refractivity contribution in [3.8, 4) is 11.6 Å². The molecule has 8 heteroatoms. The lowest BCUT2D eigenvalue weighted by Crippen LogP contribution is -2.10. The molecule has 0 aliphatic carbocycles. The van der Waals surface area contributed by atoms with Gasteiger partial charge < -0.3 is 13.6 Å². The lowest BCUT2D eigenvalue weighted by Gasteiger charge is -1.90. The molecule has 0 amide bonds. The summed E-state index contributed by atoms with van der Waals surface area (Å²) in [6.45, 7) is 0. The second-order valence-corrected chi connectivity index (χ2v) is 2.94. The van der Waals surface area contributed by atoms with Gasteiger partial charge in [0.25, 0.3) is 0 Å². The van der Waals surface area contributed by atoms with Gasteiger partial charge in [-0.05, 0) is 0 Å². The average Bonchev–Trinajstić information content (AvgIpc) is 2.17. The van der Waals surface area contributed by atoms with Gasteiger partial charge in [-0.2, -0.15) is 0 Å². The van der Waals surface area contributed by atoms with E-state index in [9.17, 15) is 8.42 Å². The second-order valence-electron chi connectivity index (χ2n) is 1.79. The molecule has 0 bridgehead atoms. The van der Waals surface area contributed by atoms with Crippen molar-refractivity contribution >= 4 is 10.4 Å². The number of fused-ring (bicyclic) bond motifs is 1. The molecule has 2 heterocycles. The van der Waals surface area contributed by atoms with Crippen molar-refractivity contribution in [1.82, 2.24) is 9.94 Å². The summed E-state index contributed by atoms with van der Waals surface area (Å²) in [6.07, 6.45) is 0.972. The molecule has 0 atom stereocenters. The van der Waals surface area contributed by atoms with Crippen molar-refractivity contribution in [3.63, 3.8) is 0 Å². The maximum atomic E-state index is 10.5. The first kappa shape index (κ1) is 6.28. The van der Waals surface area contributed by atoms with Gasteiger partial charge in [0.15, 0.2) is 0 Å². The lowest BCUT2D eigenvalue weighted by molar-refractivity contribution is 0.145. The van der Waals surface area contributed by atoms with Crippen molar-refractivity contribution in [1.29, 1.82) is 0 Å². The van der Waals surface area contributed by atoms with Crippen molar-refractivity contribution in [2.24, 2.45) is 0 Å². The van der Waals surface area contributed by atoms with E-state index >= 15 is 0 Å². The predicted octanol–water partition coefficient (Wildman–Crippen LogP) is -0.864. The van der Waals surface area contributed by atoms with Gasteiger partial charge >= 0.3 is 16.3 Å². The molecular weight excluding hydrogens is 176 g/mol. The highest BCUT2D eigenvalue weighted by atomic mass is 32.3. The lowest BCUT2D eigenvalue weighted by atomic mass is 10.6. The normalized spacial score (nSPS) is 18.5. The molecule has 1 aliphatic heterocycles. The van der Waals surface area contributed by atoms with Crippen LogP contribution in [0.1, 0.15) is 0 Å². The summed E-state index contributed by atoms with van der Waals surface area (Å²) in [5, 5.41) is 11.9. The summed E-state index contributed by atoms with van der Waals surface area (Å²) in [4.78, 5) is 0.402. The molecule has 0 spiro atoms. The van der Waals surface area contributed by atoms with E-state index in [1.54, 1.807) is 0 Å². The molecular formula is C3H2N2O5S. The van der Waals surface area contributed by atoms with E-state index in [2.05, 4.69) is 13.5 Å². The zero-order valence-corrected chi connectivity index (χ0v) is 5.78. The number of aromatic nitrogens is 2. The van der Waals surface area contributed by atoms with E-state index < -0.39 is 10.4 Å². The Hall–Kier alpha value is -1.44. The predicted molar refractivity (Wildman–Crippen MR) is 29.6 cm³/mol. The fourth-order valence-electron chi connectivity index (χ4n) is 0.670. The van der Waals surface area contributed by atoms with Gasteiger partial charge in [0.05, 0.1) is 0 Å². The fraction of sp³-hybridized carbons (Fsp3) is 0. The molecule has 0 saturated carbocycles. The highest BCUT2D eigenvalue weighted by Crippen LogP contribution is 2.32. The summed E-state index contributed by atoms with van der Waals surface area (Å²) < 4.78 is 29.4. The molecule has 0 aromatic carbocycles. The maximum absolute atomic E-state index is 10.5. The van der Waals surface area contributed by atoms with Crippen LogP contribution >= 0.6 is 0 Å². The molecule has 11 heavy (non-hydrogen) atoms. The molecule has 60 valence electrons. The Bertz CT molecular complexity index is 362. The van der Waals surface area contributed by atoms with Gasteiger partial charge in [-0.3, -0.25) is 0 Å². The summed E-state index contributed by atoms with van der Waals surface area (Å²) in [6, 6.07) is 0. The van der Waals surface area contributed by atoms with Crippen LogP contribution in [-0.2, 0) is 10.4 Å². The van der Waals surface area contributed by atoms with Crippen molar-refractivity contribution in [3.05, 3.63) is 6.20 Å². The van der Waals surface area contributed by atoms with Crippen LogP contribution in [0.4, 0.5) is 0 Å². The fourth-order valence-corrected chi connectivity index (χ4v) is 1.35. The largest absolute Gasteiger partial charge is 0.502 e. The van der Waals surface area contributed by atoms with Crippen LogP contribution < -0.4 is 8.37 Å². The van der Waals surface area contributed by atoms with E-state index in [1.807, 2.05) is 0 Å². The van der Waals surface area contributed by atoms with E-state index in [4.69, 9.17) is 5.21 Å². The van der Waals surface area contributed by atoms with Crippen LogP contribution in [0, 0.1) is 0 Å². The molecule has 2 rings (SSSR count). The van der Waals surface area contributed by atoms with Gasteiger partial charge in [0.1, 0.15) is 6.20 Å². The van der Waals surface area contributed by atoms with Crippen LogP contribution in [0.15, 0.2) is 6.20 Å². The van der Waals surface area contributed by atoms with Crippen molar-refractivity contribution in [2.75, 3.05) is 0 Å². The van der Waals surface area contributed by atoms with Crippen LogP contribution in [0.3, 0.4) is 0 Å². The van der Waals surface area contributed by atoms with Gasteiger partial charge in [-0.1, -0.05) is 5.10 Å². The molecule has 0 unspecified atom stereocenters. The first-order valence-corrected chi connectivity index (χ1v) is 3.83. The third-order valence-electron chi connectivity index (χ3n) is 1.01. The Morgan fingerprint density at radius 3 is 2.91 bits per heavy atom. The van der Waals surface area contributed by atoms with Gasteiger partial charge in [-0.15, -0.1) is 13.3 Å². The van der Waals surface area contributed by atoms with Gasteiger partial charge in [0.2, 0.25) is 5.75 Å². The summed E-state index contributed by atoms with van der Waals surface area (Å²) in [5.74, 6) is -0.375. The Morgan fingerprint density at radius 1 is 1.55 bits per heavy atom. The van der Waals surface area contributed by atoms with Gasteiger partial charge in [0, 0.05) is 0 Å². The molecule has 1 aromatic heterocycles. The van der Waals surface area contributed by atoms with Gasteiger partial charge in [-0.25, -0.2) is 0 Å². The van der Waals surface area contributed by atoms with Crippen molar-refractivity contribution in [2.45, 2.75) is 0 Å². The summed E-state index contributed by atoms with van der Waals surface area (Å²) in [7, 11) is -3.97. The Balaban J connectivity index is 2.53. The van der Waals surface area contributed by atoms with Crippen LogP contribution in [0.2, 0.25) is 0 Å². The first-order chi connectivity index (χ1) is 5.07.